The summed E-state index contributed by atoms with van der Waals surface area (Å²) in [5, 5.41) is 0.498. The van der Waals surface area contributed by atoms with Crippen molar-refractivity contribution in [1.82, 2.24) is 9.97 Å². The van der Waals surface area contributed by atoms with Gasteiger partial charge in [0.1, 0.15) is 0 Å². The number of aryl methyl sites for hydroxylation is 1. The van der Waals surface area contributed by atoms with Crippen LogP contribution in [0.5, 0.6) is 0 Å². The Labute approximate surface area is 125 Å². The van der Waals surface area contributed by atoms with Gasteiger partial charge in [0.2, 0.25) is 0 Å². The Morgan fingerprint density at radius 2 is 2.24 bits per heavy atom. The Bertz CT molecular complexity index is 728. The van der Waals surface area contributed by atoms with E-state index >= 15 is 0 Å². The van der Waals surface area contributed by atoms with E-state index in [0.29, 0.717) is 27.9 Å². The van der Waals surface area contributed by atoms with E-state index in [-0.39, 0.29) is 5.56 Å². The fourth-order valence-corrected chi connectivity index (χ4v) is 2.77. The van der Waals surface area contributed by atoms with Gasteiger partial charge in [0.15, 0.2) is 5.16 Å². The lowest BCUT2D eigenvalue weighted by molar-refractivity contribution is 0.0601. The molecule has 1 aromatic carbocycles. The van der Waals surface area contributed by atoms with Crippen LogP contribution in [0.25, 0.3) is 0 Å². The zero-order valence-corrected chi connectivity index (χ0v) is 12.5. The predicted octanol–water partition coefficient (Wildman–Crippen LogP) is 1.74. The molecule has 0 unspecified atom stereocenters. The van der Waals surface area contributed by atoms with Crippen LogP contribution in [0.4, 0.5) is 5.69 Å². The van der Waals surface area contributed by atoms with Crippen molar-refractivity contribution in [1.29, 1.82) is 0 Å². The lowest BCUT2D eigenvalue weighted by Crippen LogP contribution is -2.10. The summed E-state index contributed by atoms with van der Waals surface area (Å²) < 4.78 is 4.75. The molecule has 6 nitrogen and oxygen atoms in total. The molecule has 0 saturated carbocycles. The number of benzene rings is 1. The van der Waals surface area contributed by atoms with E-state index in [0.717, 1.165) is 5.56 Å². The van der Waals surface area contributed by atoms with Crippen molar-refractivity contribution in [3.8, 4) is 0 Å². The van der Waals surface area contributed by atoms with E-state index in [1.54, 1.807) is 25.1 Å². The number of thioether (sulfide) groups is 1. The van der Waals surface area contributed by atoms with Crippen molar-refractivity contribution in [2.45, 2.75) is 17.8 Å². The van der Waals surface area contributed by atoms with Gasteiger partial charge < -0.3 is 15.5 Å². The Kier molecular flexibility index (Phi) is 4.64. The number of ether oxygens (including phenoxy) is 1. The van der Waals surface area contributed by atoms with Crippen LogP contribution in [-0.4, -0.2) is 23.0 Å². The maximum Gasteiger partial charge on any atom is 0.340 e. The number of esters is 1. The third kappa shape index (κ3) is 3.63. The summed E-state index contributed by atoms with van der Waals surface area (Å²) in [6.45, 7) is 1.75. The number of nitrogen functional groups attached to an aromatic ring is 1. The smallest absolute Gasteiger partial charge is 0.340 e. The van der Waals surface area contributed by atoms with Crippen LogP contribution in [-0.2, 0) is 10.5 Å². The molecule has 7 heteroatoms. The maximum atomic E-state index is 11.8. The van der Waals surface area contributed by atoms with Crippen LogP contribution >= 0.6 is 11.8 Å². The number of aromatic amines is 1. The third-order valence-electron chi connectivity index (χ3n) is 2.78. The summed E-state index contributed by atoms with van der Waals surface area (Å²) in [5.74, 6) is -0.0311. The van der Waals surface area contributed by atoms with Crippen molar-refractivity contribution < 1.29 is 9.53 Å². The first-order chi connectivity index (χ1) is 10.0. The number of hydrogen-bond acceptors (Lipinski definition) is 6. The first-order valence-electron chi connectivity index (χ1n) is 6.17. The van der Waals surface area contributed by atoms with Gasteiger partial charge in [-0.25, -0.2) is 9.78 Å². The van der Waals surface area contributed by atoms with E-state index in [4.69, 9.17) is 10.5 Å². The monoisotopic (exact) mass is 305 g/mol. The molecular formula is C14H15N3O3S. The van der Waals surface area contributed by atoms with Crippen molar-refractivity contribution in [3.63, 3.8) is 0 Å². The van der Waals surface area contributed by atoms with Crippen LogP contribution < -0.4 is 11.3 Å². The molecule has 1 heterocycles. The molecule has 2 rings (SSSR count). The average Bonchev–Trinajstić information content (AvgIpc) is 2.43. The number of nitrogens with two attached hydrogens (primary N) is 1. The molecule has 110 valence electrons. The van der Waals surface area contributed by atoms with Gasteiger partial charge in [0.05, 0.1) is 12.7 Å². The SMILES string of the molecule is COC(=O)c1c(N)cccc1CSc1nc(C)cc(=O)[nH]1. The average molecular weight is 305 g/mol. The van der Waals surface area contributed by atoms with Gasteiger partial charge in [-0.05, 0) is 18.6 Å². The van der Waals surface area contributed by atoms with Gasteiger partial charge in [-0.3, -0.25) is 4.79 Å². The Hall–Kier alpha value is -2.28. The number of hydrogen-bond donors (Lipinski definition) is 2. The van der Waals surface area contributed by atoms with Gasteiger partial charge in [-0.1, -0.05) is 23.9 Å². The molecule has 0 radical (unpaired) electrons. The fraction of sp³-hybridized carbons (Fsp3) is 0.214. The molecule has 2 aromatic rings. The van der Waals surface area contributed by atoms with Gasteiger partial charge in [-0.2, -0.15) is 0 Å². The number of nitrogens with one attached hydrogen (secondary N) is 1. The highest BCUT2D eigenvalue weighted by atomic mass is 32.2. The lowest BCUT2D eigenvalue weighted by Gasteiger charge is -2.10. The Morgan fingerprint density at radius 3 is 2.90 bits per heavy atom. The minimum Gasteiger partial charge on any atom is -0.465 e. The van der Waals surface area contributed by atoms with Gasteiger partial charge >= 0.3 is 5.97 Å². The zero-order valence-electron chi connectivity index (χ0n) is 11.7. The second-order valence-corrected chi connectivity index (χ2v) is 5.32. The molecular weight excluding hydrogens is 290 g/mol. The number of methoxy groups -OCH3 is 1. The first kappa shape index (κ1) is 15.1. The molecule has 3 N–H and O–H groups in total. The van der Waals surface area contributed by atoms with Crippen molar-refractivity contribution in [2.75, 3.05) is 12.8 Å². The number of nitrogens with zero attached hydrogens (tertiary/aromatic N) is 1. The van der Waals surface area contributed by atoms with Crippen LogP contribution in [0.1, 0.15) is 21.6 Å². The molecule has 0 atom stereocenters. The first-order valence-corrected chi connectivity index (χ1v) is 7.16. The fourth-order valence-electron chi connectivity index (χ4n) is 1.86. The second-order valence-electron chi connectivity index (χ2n) is 4.35. The highest BCUT2D eigenvalue weighted by Gasteiger charge is 2.15. The van der Waals surface area contributed by atoms with E-state index in [1.807, 2.05) is 0 Å². The van der Waals surface area contributed by atoms with Crippen LogP contribution in [0.3, 0.4) is 0 Å². The highest BCUT2D eigenvalue weighted by molar-refractivity contribution is 7.98. The lowest BCUT2D eigenvalue weighted by atomic mass is 10.1. The Balaban J connectivity index is 2.26. The molecule has 1 aromatic heterocycles. The number of H-pyrrole nitrogens is 1. The second kappa shape index (κ2) is 6.45. The summed E-state index contributed by atoms with van der Waals surface area (Å²) in [7, 11) is 1.31. The van der Waals surface area contributed by atoms with Gasteiger partial charge in [0.25, 0.3) is 5.56 Å². The van der Waals surface area contributed by atoms with E-state index < -0.39 is 5.97 Å². The molecule has 0 saturated heterocycles. The quantitative estimate of drug-likeness (QED) is 0.386. The van der Waals surface area contributed by atoms with Crippen LogP contribution in [0.15, 0.2) is 34.2 Å². The molecule has 0 aliphatic heterocycles. The number of carbonyl (C=O) groups is 1. The Morgan fingerprint density at radius 1 is 1.48 bits per heavy atom. The van der Waals surface area contributed by atoms with Gasteiger partial charge in [-0.15, -0.1) is 0 Å². The molecule has 0 aliphatic rings. The molecule has 0 bridgehead atoms. The normalized spacial score (nSPS) is 10.4. The van der Waals surface area contributed by atoms with E-state index in [1.165, 1.54) is 24.9 Å². The van der Waals surface area contributed by atoms with Crippen molar-refractivity contribution in [2.24, 2.45) is 0 Å². The summed E-state index contributed by atoms with van der Waals surface area (Å²) >= 11 is 1.32. The number of aromatic nitrogens is 2. The predicted molar refractivity (Wildman–Crippen MR) is 81.3 cm³/mol. The molecule has 0 spiro atoms. The molecule has 0 amide bonds. The summed E-state index contributed by atoms with van der Waals surface area (Å²) in [4.78, 5) is 30.1. The van der Waals surface area contributed by atoms with Crippen LogP contribution in [0.2, 0.25) is 0 Å². The number of anilines is 1. The van der Waals surface area contributed by atoms with E-state index in [2.05, 4.69) is 9.97 Å². The van der Waals surface area contributed by atoms with E-state index in [9.17, 15) is 9.59 Å². The van der Waals surface area contributed by atoms with Crippen molar-refractivity contribution >= 4 is 23.4 Å². The minimum atomic E-state index is -0.477. The maximum absolute atomic E-state index is 11.8. The molecule has 0 fully saturated rings. The number of carbonyl (C=O) groups excluding carboxylic acids is 1. The molecule has 0 aliphatic carbocycles. The molecule has 21 heavy (non-hydrogen) atoms. The minimum absolute atomic E-state index is 0.203. The standard InChI is InChI=1S/C14H15N3O3S/c1-8-6-11(18)17-14(16-8)21-7-9-4-3-5-10(15)12(9)13(19)20-2/h3-6H,7,15H2,1-2H3,(H,16,17,18). The number of rotatable bonds is 4. The third-order valence-corrected chi connectivity index (χ3v) is 3.71. The summed E-state index contributed by atoms with van der Waals surface area (Å²) in [6, 6.07) is 6.63. The highest BCUT2D eigenvalue weighted by Crippen LogP contribution is 2.25. The van der Waals surface area contributed by atoms with Crippen LogP contribution in [0, 0.1) is 6.92 Å². The van der Waals surface area contributed by atoms with Gasteiger partial charge in [0, 0.05) is 23.2 Å². The summed E-state index contributed by atoms with van der Waals surface area (Å²) in [6.07, 6.45) is 0. The zero-order chi connectivity index (χ0) is 15.4. The largest absolute Gasteiger partial charge is 0.465 e. The van der Waals surface area contributed by atoms with Crippen molar-refractivity contribution in [3.05, 3.63) is 51.4 Å². The summed E-state index contributed by atoms with van der Waals surface area (Å²) in [5.41, 5.74) is 7.72. The topological polar surface area (TPSA) is 98.1 Å².